The number of thiazole rings is 1. The molecule has 0 bridgehead atoms. The lowest BCUT2D eigenvalue weighted by molar-refractivity contribution is 0.0687. The van der Waals surface area contributed by atoms with Crippen LogP contribution >= 0.6 is 11.3 Å². The molecule has 0 aliphatic rings. The van der Waals surface area contributed by atoms with Crippen LogP contribution in [-0.2, 0) is 7.05 Å². The molecule has 0 saturated heterocycles. The van der Waals surface area contributed by atoms with E-state index in [-0.39, 0.29) is 16.4 Å². The number of nitrogens with one attached hydrogen (secondary N) is 1. The number of carboxylic acid groups (broad SMARTS) is 1. The number of carbonyl (C=O) groups excluding carboxylic acids is 1. The molecule has 0 saturated carbocycles. The van der Waals surface area contributed by atoms with Gasteiger partial charge in [0.15, 0.2) is 16.6 Å². The number of hydrogen-bond donors (Lipinski definition) is 2. The van der Waals surface area contributed by atoms with Crippen molar-refractivity contribution < 1.29 is 14.7 Å². The summed E-state index contributed by atoms with van der Waals surface area (Å²) in [6.07, 6.45) is 3.30. The largest absolute Gasteiger partial charge is 0.476 e. The second-order valence-electron chi connectivity index (χ2n) is 3.59. The lowest BCUT2D eigenvalue weighted by Crippen LogP contribution is -2.03. The summed E-state index contributed by atoms with van der Waals surface area (Å²) in [6.45, 7) is 1.31. The molecule has 2 aromatic heterocycles. The van der Waals surface area contributed by atoms with E-state index < -0.39 is 5.97 Å². The minimum Gasteiger partial charge on any atom is -0.476 e. The van der Waals surface area contributed by atoms with Crippen LogP contribution in [0.25, 0.3) is 0 Å². The number of aromatic nitrogens is 3. The highest BCUT2D eigenvalue weighted by Crippen LogP contribution is 2.26. The molecule has 7 nitrogen and oxygen atoms in total. The molecule has 0 amide bonds. The minimum absolute atomic E-state index is 0.133. The second kappa shape index (κ2) is 4.57. The molecule has 0 radical (unpaired) electrons. The normalized spacial score (nSPS) is 10.3. The van der Waals surface area contributed by atoms with Crippen LogP contribution in [0.1, 0.15) is 27.1 Å². The highest BCUT2D eigenvalue weighted by molar-refractivity contribution is 7.17. The number of Topliss-reactive ketones (excluding diaryl/α,β-unsaturated/α-hetero) is 1. The third-order valence-corrected chi connectivity index (χ3v) is 3.18. The standard InChI is InChI=1S/C10H10N4O3S/c1-5(15)8-7(9(16)17)13-10(18-8)12-6-3-11-14(2)4-6/h3-4H,1-2H3,(H,12,13)(H,16,17). The van der Waals surface area contributed by atoms with Crippen LogP contribution in [0, 0.1) is 0 Å². The number of ketones is 1. The molecule has 0 fully saturated rings. The molecule has 2 N–H and O–H groups in total. The lowest BCUT2D eigenvalue weighted by atomic mass is 10.3. The Morgan fingerprint density at radius 1 is 1.50 bits per heavy atom. The molecule has 8 heteroatoms. The van der Waals surface area contributed by atoms with Gasteiger partial charge in [-0.25, -0.2) is 9.78 Å². The molecular formula is C10H10N4O3S. The Balaban J connectivity index is 2.32. The Labute approximate surface area is 106 Å². The third kappa shape index (κ3) is 2.38. The Bertz CT molecular complexity index is 585. The first-order valence-electron chi connectivity index (χ1n) is 4.98. The van der Waals surface area contributed by atoms with E-state index in [1.54, 1.807) is 24.1 Å². The first-order valence-corrected chi connectivity index (χ1v) is 5.79. The molecule has 2 aromatic rings. The Kier molecular flexibility index (Phi) is 3.11. The van der Waals surface area contributed by atoms with Crippen LogP contribution < -0.4 is 5.32 Å². The molecule has 0 spiro atoms. The third-order valence-electron chi connectivity index (χ3n) is 2.11. The van der Waals surface area contributed by atoms with Crippen molar-refractivity contribution >= 4 is 33.9 Å². The van der Waals surface area contributed by atoms with Crippen molar-refractivity contribution in [3.8, 4) is 0 Å². The van der Waals surface area contributed by atoms with Gasteiger partial charge in [-0.15, -0.1) is 0 Å². The van der Waals surface area contributed by atoms with E-state index in [1.807, 2.05) is 0 Å². The van der Waals surface area contributed by atoms with Crippen molar-refractivity contribution in [2.24, 2.45) is 7.05 Å². The van der Waals surface area contributed by atoms with Crippen molar-refractivity contribution in [1.29, 1.82) is 0 Å². The van der Waals surface area contributed by atoms with Gasteiger partial charge in [-0.05, 0) is 0 Å². The van der Waals surface area contributed by atoms with E-state index in [9.17, 15) is 9.59 Å². The number of carbonyl (C=O) groups is 2. The Hall–Kier alpha value is -2.22. The zero-order valence-electron chi connectivity index (χ0n) is 9.67. The maximum absolute atomic E-state index is 11.3. The summed E-state index contributed by atoms with van der Waals surface area (Å²) in [6, 6.07) is 0. The topological polar surface area (TPSA) is 97.1 Å². The maximum atomic E-state index is 11.3. The van der Waals surface area contributed by atoms with Gasteiger partial charge in [0.1, 0.15) is 4.88 Å². The fourth-order valence-electron chi connectivity index (χ4n) is 1.37. The van der Waals surface area contributed by atoms with Gasteiger partial charge in [0, 0.05) is 20.2 Å². The summed E-state index contributed by atoms with van der Waals surface area (Å²) in [7, 11) is 1.76. The Morgan fingerprint density at radius 3 is 2.67 bits per heavy atom. The van der Waals surface area contributed by atoms with Gasteiger partial charge in [-0.3, -0.25) is 9.48 Å². The summed E-state index contributed by atoms with van der Waals surface area (Å²) >= 11 is 1.01. The van der Waals surface area contributed by atoms with E-state index in [4.69, 9.17) is 5.11 Å². The quantitative estimate of drug-likeness (QED) is 0.814. The van der Waals surface area contributed by atoms with E-state index in [2.05, 4.69) is 15.4 Å². The van der Waals surface area contributed by atoms with E-state index in [0.717, 1.165) is 11.3 Å². The van der Waals surface area contributed by atoms with Crippen LogP contribution in [-0.4, -0.2) is 31.6 Å². The van der Waals surface area contributed by atoms with Crippen molar-refractivity contribution in [3.63, 3.8) is 0 Å². The van der Waals surface area contributed by atoms with Gasteiger partial charge >= 0.3 is 5.97 Å². The number of aryl methyl sites for hydroxylation is 1. The highest BCUT2D eigenvalue weighted by atomic mass is 32.1. The summed E-state index contributed by atoms with van der Waals surface area (Å²) in [5.74, 6) is -1.53. The predicted octanol–water partition coefficient (Wildman–Crippen LogP) is 1.52. The smallest absolute Gasteiger partial charge is 0.356 e. The van der Waals surface area contributed by atoms with Gasteiger partial charge in [0.05, 0.1) is 11.9 Å². The van der Waals surface area contributed by atoms with E-state index >= 15 is 0 Å². The molecular weight excluding hydrogens is 256 g/mol. The van der Waals surface area contributed by atoms with Gasteiger partial charge < -0.3 is 10.4 Å². The van der Waals surface area contributed by atoms with Crippen LogP contribution in [0.5, 0.6) is 0 Å². The van der Waals surface area contributed by atoms with Crippen molar-refractivity contribution in [3.05, 3.63) is 23.0 Å². The fourth-order valence-corrected chi connectivity index (χ4v) is 2.24. The molecule has 2 rings (SSSR count). The molecule has 0 aromatic carbocycles. The number of nitrogens with zero attached hydrogens (tertiary/aromatic N) is 3. The van der Waals surface area contributed by atoms with Gasteiger partial charge in [-0.1, -0.05) is 11.3 Å². The first-order chi connectivity index (χ1) is 8.47. The van der Waals surface area contributed by atoms with Crippen molar-refractivity contribution in [1.82, 2.24) is 14.8 Å². The SMILES string of the molecule is CC(=O)c1sc(Nc2cnn(C)c2)nc1C(=O)O. The van der Waals surface area contributed by atoms with E-state index in [1.165, 1.54) is 6.92 Å². The van der Waals surface area contributed by atoms with Gasteiger partial charge in [-0.2, -0.15) is 5.10 Å². The van der Waals surface area contributed by atoms with E-state index in [0.29, 0.717) is 10.8 Å². The molecule has 0 unspecified atom stereocenters. The summed E-state index contributed by atoms with van der Waals surface area (Å²) in [4.78, 5) is 26.3. The maximum Gasteiger partial charge on any atom is 0.356 e. The molecule has 0 atom stereocenters. The fraction of sp³-hybridized carbons (Fsp3) is 0.200. The summed E-state index contributed by atoms with van der Waals surface area (Å²) < 4.78 is 1.60. The van der Waals surface area contributed by atoms with Crippen LogP contribution in [0.3, 0.4) is 0 Å². The monoisotopic (exact) mass is 266 g/mol. The number of rotatable bonds is 4. The van der Waals surface area contributed by atoms with Gasteiger partial charge in [0.2, 0.25) is 0 Å². The number of anilines is 2. The van der Waals surface area contributed by atoms with Crippen LogP contribution in [0.2, 0.25) is 0 Å². The average molecular weight is 266 g/mol. The molecule has 2 heterocycles. The highest BCUT2D eigenvalue weighted by Gasteiger charge is 2.20. The second-order valence-corrected chi connectivity index (χ2v) is 4.58. The number of hydrogen-bond acceptors (Lipinski definition) is 6. The number of carboxylic acids is 1. The molecule has 18 heavy (non-hydrogen) atoms. The molecule has 94 valence electrons. The Morgan fingerprint density at radius 2 is 2.22 bits per heavy atom. The zero-order chi connectivity index (χ0) is 13.3. The van der Waals surface area contributed by atoms with Gasteiger partial charge in [0.25, 0.3) is 0 Å². The molecule has 0 aliphatic carbocycles. The average Bonchev–Trinajstić information content (AvgIpc) is 2.85. The number of aromatic carboxylic acids is 1. The zero-order valence-corrected chi connectivity index (χ0v) is 10.5. The molecule has 0 aliphatic heterocycles. The first kappa shape index (κ1) is 12.2. The van der Waals surface area contributed by atoms with Crippen LogP contribution in [0.4, 0.5) is 10.8 Å². The van der Waals surface area contributed by atoms with Crippen LogP contribution in [0.15, 0.2) is 12.4 Å². The minimum atomic E-state index is -1.21. The lowest BCUT2D eigenvalue weighted by Gasteiger charge is -1.95. The summed E-state index contributed by atoms with van der Waals surface area (Å²) in [5, 5.41) is 16.2. The van der Waals surface area contributed by atoms with Crippen molar-refractivity contribution in [2.75, 3.05) is 5.32 Å². The predicted molar refractivity (Wildman–Crippen MR) is 65.6 cm³/mol. The van der Waals surface area contributed by atoms with Crippen molar-refractivity contribution in [2.45, 2.75) is 6.92 Å². The summed E-state index contributed by atoms with van der Waals surface area (Å²) in [5.41, 5.74) is 0.456.